The molecule has 3 rings (SSSR count). The summed E-state index contributed by atoms with van der Waals surface area (Å²) in [6.07, 6.45) is 6.79. The largest absolute Gasteiger partial charge is 0.507 e. The van der Waals surface area contributed by atoms with Crippen LogP contribution < -0.4 is 5.32 Å². The molecule has 1 aliphatic heterocycles. The zero-order valence-corrected chi connectivity index (χ0v) is 11.7. The van der Waals surface area contributed by atoms with Crippen molar-refractivity contribution >= 4 is 24.6 Å². The van der Waals surface area contributed by atoms with Gasteiger partial charge in [-0.1, -0.05) is 24.3 Å². The second-order valence-corrected chi connectivity index (χ2v) is 4.56. The molecule has 0 spiro atoms. The van der Waals surface area contributed by atoms with Crippen LogP contribution in [0.3, 0.4) is 0 Å². The fourth-order valence-corrected chi connectivity index (χ4v) is 2.17. The van der Waals surface area contributed by atoms with Crippen LogP contribution in [-0.4, -0.2) is 34.1 Å². The van der Waals surface area contributed by atoms with Crippen LogP contribution in [-0.2, 0) is 5.72 Å². The second kappa shape index (κ2) is 6.19. The van der Waals surface area contributed by atoms with Crippen molar-refractivity contribution in [1.82, 2.24) is 10.3 Å². The van der Waals surface area contributed by atoms with Crippen molar-refractivity contribution in [3.05, 3.63) is 78.1 Å². The van der Waals surface area contributed by atoms with Gasteiger partial charge in [0.25, 0.3) is 0 Å². The number of aromatic hydroxyl groups is 1. The molecule has 0 saturated carbocycles. The summed E-state index contributed by atoms with van der Waals surface area (Å²) >= 11 is 0. The summed E-state index contributed by atoms with van der Waals surface area (Å²) in [7, 11) is 0. The van der Waals surface area contributed by atoms with Crippen molar-refractivity contribution in [3.63, 3.8) is 0 Å². The molecule has 1 atom stereocenters. The van der Waals surface area contributed by atoms with E-state index in [4.69, 9.17) is 0 Å². The van der Waals surface area contributed by atoms with Gasteiger partial charge in [-0.15, -0.1) is 0 Å². The predicted molar refractivity (Wildman–Crippen MR) is 82.2 cm³/mol. The molecule has 1 radical (unpaired) electrons. The molecule has 3 N–H and O–H groups in total. The molecule has 0 fully saturated rings. The summed E-state index contributed by atoms with van der Waals surface area (Å²) in [6.45, 7) is 0. The number of nitrogens with one attached hydrogen (secondary N) is 1. The van der Waals surface area contributed by atoms with Crippen molar-refractivity contribution in [1.29, 1.82) is 0 Å². The van der Waals surface area contributed by atoms with E-state index in [1.807, 2.05) is 12.1 Å². The molecule has 2 heterocycles. The minimum Gasteiger partial charge on any atom is -0.507 e. The summed E-state index contributed by atoms with van der Waals surface area (Å²) < 4.78 is 0. The van der Waals surface area contributed by atoms with Gasteiger partial charge in [0.1, 0.15) is 5.75 Å². The minimum absolute atomic E-state index is 0. The third-order valence-electron chi connectivity index (χ3n) is 3.18. The molecule has 1 aromatic heterocycles. The molecule has 0 bridgehead atoms. The standard InChI is InChI=1S/C16H14N2O2.Li/c19-14-8-2-1-6-12(14)13-7-5-10-16(20,18-13)15-9-3-4-11-17-15;/h1-11,18-20H;. The number of pyridine rings is 1. The van der Waals surface area contributed by atoms with Crippen LogP contribution in [0.5, 0.6) is 5.75 Å². The summed E-state index contributed by atoms with van der Waals surface area (Å²) in [5.74, 6) is 0.157. The normalized spacial score (nSPS) is 20.1. The molecule has 101 valence electrons. The van der Waals surface area contributed by atoms with Crippen molar-refractivity contribution in [2.75, 3.05) is 0 Å². The Hall–Kier alpha value is -1.99. The quantitative estimate of drug-likeness (QED) is 0.729. The van der Waals surface area contributed by atoms with E-state index in [0.717, 1.165) is 0 Å². The summed E-state index contributed by atoms with van der Waals surface area (Å²) in [5.41, 5.74) is 0.385. The van der Waals surface area contributed by atoms with Gasteiger partial charge >= 0.3 is 0 Å². The summed E-state index contributed by atoms with van der Waals surface area (Å²) in [5, 5.41) is 23.6. The van der Waals surface area contributed by atoms with Crippen molar-refractivity contribution in [3.8, 4) is 5.75 Å². The number of phenolic OH excluding ortho intramolecular Hbond substituents is 1. The topological polar surface area (TPSA) is 65.4 Å². The first-order valence-electron chi connectivity index (χ1n) is 6.29. The summed E-state index contributed by atoms with van der Waals surface area (Å²) in [6, 6.07) is 12.3. The Morgan fingerprint density at radius 1 is 1.05 bits per heavy atom. The number of hydrogen-bond donors (Lipinski definition) is 3. The maximum Gasteiger partial charge on any atom is 0.199 e. The van der Waals surface area contributed by atoms with E-state index in [1.54, 1.807) is 54.8 Å². The average Bonchev–Trinajstić information content (AvgIpc) is 2.49. The third kappa shape index (κ3) is 3.03. The number of dihydropyridines is 1. The molecule has 21 heavy (non-hydrogen) atoms. The average molecular weight is 273 g/mol. The maximum absolute atomic E-state index is 10.7. The van der Waals surface area contributed by atoms with E-state index < -0.39 is 5.72 Å². The number of aromatic nitrogens is 1. The van der Waals surface area contributed by atoms with E-state index in [9.17, 15) is 10.2 Å². The van der Waals surface area contributed by atoms with E-state index in [0.29, 0.717) is 17.0 Å². The molecule has 1 aliphatic rings. The van der Waals surface area contributed by atoms with Crippen LogP contribution in [0, 0.1) is 0 Å². The first-order chi connectivity index (χ1) is 9.69. The van der Waals surface area contributed by atoms with E-state index in [-0.39, 0.29) is 24.6 Å². The number of benzene rings is 1. The van der Waals surface area contributed by atoms with Gasteiger partial charge in [-0.2, -0.15) is 0 Å². The van der Waals surface area contributed by atoms with Crippen LogP contribution in [0.15, 0.2) is 66.9 Å². The fraction of sp³-hybridized carbons (Fsp3) is 0.0625. The van der Waals surface area contributed by atoms with Crippen molar-refractivity contribution < 1.29 is 10.2 Å². The first-order valence-corrected chi connectivity index (χ1v) is 6.29. The Kier molecular flexibility index (Phi) is 4.54. The van der Waals surface area contributed by atoms with Crippen LogP contribution in [0.4, 0.5) is 0 Å². The van der Waals surface area contributed by atoms with Gasteiger partial charge in [-0.05, 0) is 36.4 Å². The van der Waals surface area contributed by atoms with Gasteiger partial charge in [0, 0.05) is 36.3 Å². The monoisotopic (exact) mass is 273 g/mol. The Bertz CT molecular complexity index is 686. The maximum atomic E-state index is 10.7. The number of aliphatic hydroxyl groups is 1. The Balaban J connectivity index is 0.00000161. The van der Waals surface area contributed by atoms with Gasteiger partial charge in [-0.25, -0.2) is 0 Å². The minimum atomic E-state index is -1.38. The van der Waals surface area contributed by atoms with Gasteiger partial charge in [0.2, 0.25) is 0 Å². The number of allylic oxidation sites excluding steroid dienone is 2. The van der Waals surface area contributed by atoms with E-state index in [1.165, 1.54) is 0 Å². The van der Waals surface area contributed by atoms with E-state index in [2.05, 4.69) is 10.3 Å². The molecule has 1 aromatic carbocycles. The fourth-order valence-electron chi connectivity index (χ4n) is 2.17. The van der Waals surface area contributed by atoms with Crippen molar-refractivity contribution in [2.45, 2.75) is 5.72 Å². The first kappa shape index (κ1) is 15.4. The molecule has 5 heteroatoms. The SMILES string of the molecule is Oc1ccccc1C1=CC=CC(O)(c2ccccn2)N1.[Li]. The summed E-state index contributed by atoms with van der Waals surface area (Å²) in [4.78, 5) is 4.17. The van der Waals surface area contributed by atoms with Gasteiger partial charge in [-0.3, -0.25) is 4.98 Å². The third-order valence-corrected chi connectivity index (χ3v) is 3.18. The predicted octanol–water partition coefficient (Wildman–Crippen LogP) is 1.75. The number of phenols is 1. The number of hydrogen-bond acceptors (Lipinski definition) is 4. The molecule has 0 saturated heterocycles. The molecular formula is C16H14LiN2O2. The van der Waals surface area contributed by atoms with Gasteiger partial charge < -0.3 is 15.5 Å². The van der Waals surface area contributed by atoms with Crippen LogP contribution in [0.1, 0.15) is 11.3 Å². The van der Waals surface area contributed by atoms with Crippen LogP contribution >= 0.6 is 0 Å². The molecule has 0 amide bonds. The zero-order valence-electron chi connectivity index (χ0n) is 11.7. The Morgan fingerprint density at radius 2 is 1.81 bits per heavy atom. The van der Waals surface area contributed by atoms with Gasteiger partial charge in [0.05, 0.1) is 5.69 Å². The number of para-hydroxylation sites is 1. The Labute approximate surface area is 135 Å². The van der Waals surface area contributed by atoms with Crippen LogP contribution in [0.2, 0.25) is 0 Å². The molecule has 1 unspecified atom stereocenters. The zero-order chi connectivity index (χ0) is 14.0. The number of rotatable bonds is 2. The van der Waals surface area contributed by atoms with Crippen molar-refractivity contribution in [2.24, 2.45) is 0 Å². The Morgan fingerprint density at radius 3 is 2.52 bits per heavy atom. The second-order valence-electron chi connectivity index (χ2n) is 4.56. The van der Waals surface area contributed by atoms with Gasteiger partial charge in [0.15, 0.2) is 5.72 Å². The smallest absolute Gasteiger partial charge is 0.199 e. The number of nitrogens with zero attached hydrogens (tertiary/aromatic N) is 1. The molecule has 0 aliphatic carbocycles. The van der Waals surface area contributed by atoms with Crippen LogP contribution in [0.25, 0.3) is 5.70 Å². The molecular weight excluding hydrogens is 259 g/mol. The van der Waals surface area contributed by atoms with E-state index >= 15 is 0 Å². The molecule has 2 aromatic rings. The molecule has 4 nitrogen and oxygen atoms in total.